The topological polar surface area (TPSA) is 203 Å². The van der Waals surface area contributed by atoms with Crippen molar-refractivity contribution in [3.05, 3.63) is 34.5 Å². The number of thiocarbonyl (C=S) groups is 1. The number of carbonyl (C=O) groups is 2. The Morgan fingerprint density at radius 2 is 2.13 bits per heavy atom. The molecule has 2 heterocycles. The first-order valence-corrected chi connectivity index (χ1v) is 13.5. The highest BCUT2D eigenvalue weighted by Gasteiger charge is 2.25. The first kappa shape index (κ1) is 31.8. The number of nitrogens with one attached hydrogen (secondary N) is 1. The number of thioether (sulfide) groups is 1. The number of carboxylic acid groups (broad SMARTS) is 1. The van der Waals surface area contributed by atoms with Gasteiger partial charge in [-0.05, 0) is 33.1 Å². The number of hydrogen-bond acceptors (Lipinski definition) is 12. The van der Waals surface area contributed by atoms with Crippen LogP contribution in [0.2, 0.25) is 0 Å². The molecule has 6 N–H and O–H groups in total. The minimum Gasteiger partial charge on any atom is -0.507 e. The Hall–Kier alpha value is -3.43. The summed E-state index contributed by atoms with van der Waals surface area (Å²) < 4.78 is 16.3. The summed E-state index contributed by atoms with van der Waals surface area (Å²) in [5.41, 5.74) is 7.04. The van der Waals surface area contributed by atoms with Gasteiger partial charge in [-0.25, -0.2) is 9.59 Å². The van der Waals surface area contributed by atoms with E-state index in [-0.39, 0.29) is 24.9 Å². The van der Waals surface area contributed by atoms with Gasteiger partial charge in [-0.15, -0.1) is 0 Å². The third-order valence-electron chi connectivity index (χ3n) is 5.33. The number of phenols is 1. The number of aromatic hydroxyl groups is 1. The van der Waals surface area contributed by atoms with Gasteiger partial charge in [-0.3, -0.25) is 4.99 Å². The van der Waals surface area contributed by atoms with E-state index in [1.165, 1.54) is 24.9 Å². The molecule has 1 aliphatic rings. The van der Waals surface area contributed by atoms with Crippen LogP contribution < -0.4 is 15.8 Å². The van der Waals surface area contributed by atoms with Crippen LogP contribution in [0.3, 0.4) is 0 Å². The number of aliphatic hydroxyl groups excluding tert-OH is 1. The smallest absolute Gasteiger partial charge is 0.338 e. The van der Waals surface area contributed by atoms with Gasteiger partial charge in [0.25, 0.3) is 0 Å². The number of phenolic OH excluding ortho intramolecular Hbond substituents is 1. The number of benzene rings is 1. The van der Waals surface area contributed by atoms with Gasteiger partial charge in [-0.2, -0.15) is 16.7 Å². The molecule has 0 radical (unpaired) electrons. The Bertz CT molecular complexity index is 1180. The molecule has 0 spiro atoms. The van der Waals surface area contributed by atoms with E-state index in [4.69, 9.17) is 47.0 Å². The summed E-state index contributed by atoms with van der Waals surface area (Å²) in [5.74, 6) is 0.829. The van der Waals surface area contributed by atoms with Crippen molar-refractivity contribution in [3.63, 3.8) is 0 Å². The second-order valence-corrected chi connectivity index (χ2v) is 9.89. The molecule has 214 valence electrons. The number of methoxy groups -OCH3 is 1. The quantitative estimate of drug-likeness (QED) is 0.148. The second-order valence-electron chi connectivity index (χ2n) is 8.36. The van der Waals surface area contributed by atoms with Crippen molar-refractivity contribution in [1.29, 1.82) is 0 Å². The van der Waals surface area contributed by atoms with Gasteiger partial charge in [0.05, 0.1) is 30.1 Å². The Balaban J connectivity index is 0.000000976. The first-order valence-electron chi connectivity index (χ1n) is 11.9. The number of nitrogens with zero attached hydrogens (tertiary/aromatic N) is 3. The normalized spacial score (nSPS) is 17.0. The van der Waals surface area contributed by atoms with Crippen LogP contribution in [0.5, 0.6) is 11.5 Å². The lowest BCUT2D eigenvalue weighted by Gasteiger charge is -2.20. The molecular weight excluding hydrogens is 550 g/mol. The van der Waals surface area contributed by atoms with E-state index < -0.39 is 18.5 Å². The van der Waals surface area contributed by atoms with E-state index in [0.717, 1.165) is 6.42 Å². The lowest BCUT2D eigenvalue weighted by atomic mass is 10.0. The number of carbonyl (C=O) groups excluding carboxylic acids is 1. The van der Waals surface area contributed by atoms with Crippen LogP contribution in [0.15, 0.2) is 15.6 Å². The maximum Gasteiger partial charge on any atom is 0.338 e. The SMILES string of the molecule is COc1cc(O)c2c(c1C)C(=O)OCCCCC(=S)N[C@H](c1nc(CN=C(C)N)no1)CSC2.O=C(O)CO. The molecule has 15 heteroatoms. The van der Waals surface area contributed by atoms with Gasteiger partial charge in [0.15, 0.2) is 5.82 Å². The number of hydrogen-bond donors (Lipinski definition) is 5. The molecule has 13 nitrogen and oxygen atoms in total. The highest BCUT2D eigenvalue weighted by molar-refractivity contribution is 7.98. The molecule has 0 unspecified atom stereocenters. The Kier molecular flexibility index (Phi) is 12.9. The number of esters is 1. The van der Waals surface area contributed by atoms with Crippen LogP contribution in [0, 0.1) is 6.92 Å². The molecule has 1 aliphatic heterocycles. The van der Waals surface area contributed by atoms with Crippen molar-refractivity contribution < 1.29 is 38.9 Å². The van der Waals surface area contributed by atoms with Crippen LogP contribution in [-0.2, 0) is 21.8 Å². The lowest BCUT2D eigenvalue weighted by Crippen LogP contribution is -2.29. The van der Waals surface area contributed by atoms with E-state index in [9.17, 15) is 9.90 Å². The van der Waals surface area contributed by atoms with Crippen LogP contribution in [0.4, 0.5) is 0 Å². The second kappa shape index (κ2) is 15.9. The number of nitrogens with two attached hydrogens (primary N) is 1. The zero-order valence-electron chi connectivity index (χ0n) is 21.9. The van der Waals surface area contributed by atoms with Crippen LogP contribution in [0.25, 0.3) is 0 Å². The predicted molar refractivity (Wildman–Crippen MR) is 148 cm³/mol. The number of amidine groups is 1. The van der Waals surface area contributed by atoms with Crippen molar-refractivity contribution in [2.45, 2.75) is 51.4 Å². The molecule has 1 atom stereocenters. The molecule has 0 amide bonds. The molecule has 0 fully saturated rings. The fourth-order valence-corrected chi connectivity index (χ4v) is 4.81. The number of ether oxygens (including phenoxy) is 2. The maximum atomic E-state index is 12.9. The third kappa shape index (κ3) is 10.00. The fourth-order valence-electron chi connectivity index (χ4n) is 3.44. The summed E-state index contributed by atoms with van der Waals surface area (Å²) in [6.45, 7) is 3.17. The average Bonchev–Trinajstić information content (AvgIpc) is 3.37. The molecule has 0 saturated heterocycles. The molecule has 1 aromatic heterocycles. The summed E-state index contributed by atoms with van der Waals surface area (Å²) in [6, 6.07) is 1.17. The number of aliphatic imine (C=N–C) groups is 1. The predicted octanol–water partition coefficient (Wildman–Crippen LogP) is 2.26. The minimum atomic E-state index is -1.19. The lowest BCUT2D eigenvalue weighted by molar-refractivity contribution is -0.140. The number of aliphatic hydroxyl groups is 1. The largest absolute Gasteiger partial charge is 0.507 e. The van der Waals surface area contributed by atoms with Crippen molar-refractivity contribution >= 4 is 46.7 Å². The van der Waals surface area contributed by atoms with E-state index in [0.29, 0.717) is 69.3 Å². The number of rotatable bonds is 5. The Labute approximate surface area is 235 Å². The number of cyclic esters (lactones) is 1. The molecular formula is C24H33N5O8S2. The highest BCUT2D eigenvalue weighted by atomic mass is 32.2. The van der Waals surface area contributed by atoms with Gasteiger partial charge < -0.3 is 40.4 Å². The minimum absolute atomic E-state index is 0.0240. The third-order valence-corrected chi connectivity index (χ3v) is 6.72. The Morgan fingerprint density at radius 3 is 2.77 bits per heavy atom. The molecule has 39 heavy (non-hydrogen) atoms. The van der Waals surface area contributed by atoms with E-state index in [1.807, 2.05) is 0 Å². The molecule has 0 bridgehead atoms. The molecule has 1 aromatic carbocycles. The molecule has 2 aromatic rings. The summed E-state index contributed by atoms with van der Waals surface area (Å²) in [5, 5.41) is 32.9. The Morgan fingerprint density at radius 1 is 1.41 bits per heavy atom. The highest BCUT2D eigenvalue weighted by Crippen LogP contribution is 2.36. The molecule has 0 aliphatic carbocycles. The van der Waals surface area contributed by atoms with Crippen LogP contribution >= 0.6 is 24.0 Å². The summed E-state index contributed by atoms with van der Waals surface area (Å²) in [4.78, 5) is 31.2. The van der Waals surface area contributed by atoms with Crippen LogP contribution in [-0.4, -0.2) is 74.3 Å². The van der Waals surface area contributed by atoms with Gasteiger partial charge in [0.1, 0.15) is 30.7 Å². The molecule has 3 rings (SSSR count). The zero-order valence-corrected chi connectivity index (χ0v) is 23.6. The monoisotopic (exact) mass is 583 g/mol. The van der Waals surface area contributed by atoms with Crippen molar-refractivity contribution in [2.75, 3.05) is 26.1 Å². The van der Waals surface area contributed by atoms with Gasteiger partial charge in [0.2, 0.25) is 5.89 Å². The van der Waals surface area contributed by atoms with Gasteiger partial charge in [0, 0.05) is 28.7 Å². The van der Waals surface area contributed by atoms with Crippen molar-refractivity contribution in [2.24, 2.45) is 10.7 Å². The average molecular weight is 584 g/mol. The van der Waals surface area contributed by atoms with Crippen molar-refractivity contribution in [1.82, 2.24) is 15.5 Å². The first-order chi connectivity index (χ1) is 18.6. The van der Waals surface area contributed by atoms with E-state index >= 15 is 0 Å². The number of aromatic nitrogens is 2. The number of fused-ring (bicyclic) bond motifs is 1. The standard InChI is InChI=1S/C22H29N5O5S2.C2H4O3/c1-12-17(30-3)8-16(28)14-10-34-11-15(21-26-18(27-32-21)9-24-13(2)23)25-19(33)6-4-5-7-31-22(29)20(12)14;3-1-2(4)5/h8,15,28H,4-7,9-11H2,1-3H3,(H2,23,24)(H,25,33);3H,1H2,(H,4,5)/t15-;/m0./s1. The van der Waals surface area contributed by atoms with Gasteiger partial charge >= 0.3 is 11.9 Å². The summed E-state index contributed by atoms with van der Waals surface area (Å²) >= 11 is 6.99. The zero-order chi connectivity index (χ0) is 28.9. The fraction of sp³-hybridized carbons (Fsp3) is 0.500. The molecule has 0 saturated carbocycles. The van der Waals surface area contributed by atoms with Crippen LogP contribution in [0.1, 0.15) is 65.4 Å². The van der Waals surface area contributed by atoms with E-state index in [1.54, 1.807) is 13.8 Å². The van der Waals surface area contributed by atoms with E-state index in [2.05, 4.69) is 20.4 Å². The summed E-state index contributed by atoms with van der Waals surface area (Å²) in [7, 11) is 1.50. The van der Waals surface area contributed by atoms with Crippen molar-refractivity contribution in [3.8, 4) is 11.5 Å². The maximum absolute atomic E-state index is 12.9. The van der Waals surface area contributed by atoms with Gasteiger partial charge in [-0.1, -0.05) is 17.4 Å². The number of aliphatic carboxylic acids is 1. The summed E-state index contributed by atoms with van der Waals surface area (Å²) in [6.07, 6.45) is 2.03. The number of carboxylic acids is 1.